The van der Waals surface area contributed by atoms with E-state index in [1.165, 1.54) is 152 Å². The van der Waals surface area contributed by atoms with Crippen LogP contribution in [-0.4, -0.2) is 0 Å². The molecule has 3 atom stereocenters. The van der Waals surface area contributed by atoms with Crippen LogP contribution in [0, 0.1) is 0 Å². The van der Waals surface area contributed by atoms with Crippen LogP contribution in [-0.2, 0) is 16.2 Å². The highest BCUT2D eigenvalue weighted by atomic mass is 15.2. The number of unbranched alkanes of at least 4 members (excludes halogenated alkanes) is 6. The van der Waals surface area contributed by atoms with Gasteiger partial charge in [-0.1, -0.05) is 268 Å². The van der Waals surface area contributed by atoms with E-state index in [1.807, 2.05) is 0 Å². The average Bonchev–Trinajstić information content (AvgIpc) is 1.59. The van der Waals surface area contributed by atoms with Crippen molar-refractivity contribution in [3.63, 3.8) is 0 Å². The van der Waals surface area contributed by atoms with Crippen LogP contribution in [0.4, 0.5) is 34.1 Å². The molecule has 3 unspecified atom stereocenters. The van der Waals surface area contributed by atoms with Crippen LogP contribution in [0.2, 0.25) is 0 Å². The monoisotopic (exact) mass is 1070 g/mol. The van der Waals surface area contributed by atoms with E-state index >= 15 is 0 Å². The molecule has 2 aliphatic carbocycles. The molecule has 0 saturated carbocycles. The number of fused-ring (bicyclic) bond motifs is 7. The highest BCUT2D eigenvalue weighted by Crippen LogP contribution is 2.66. The molecule has 408 valence electrons. The van der Waals surface area contributed by atoms with Gasteiger partial charge in [-0.15, -0.1) is 0 Å². The lowest BCUT2D eigenvalue weighted by Gasteiger charge is -2.39. The summed E-state index contributed by atoms with van der Waals surface area (Å²) >= 11 is 0. The van der Waals surface area contributed by atoms with Crippen LogP contribution in [0.3, 0.4) is 0 Å². The zero-order valence-electron chi connectivity index (χ0n) is 48.9. The number of hydrogen-bond donors (Lipinski definition) is 0. The molecule has 0 amide bonds. The predicted octanol–water partition coefficient (Wildman–Crippen LogP) is 22.9. The summed E-state index contributed by atoms with van der Waals surface area (Å²) in [7, 11) is 0. The molecule has 2 nitrogen and oxygen atoms in total. The van der Waals surface area contributed by atoms with Gasteiger partial charge in [-0.05, 0) is 158 Å². The van der Waals surface area contributed by atoms with Crippen LogP contribution in [0.5, 0.6) is 0 Å². The van der Waals surface area contributed by atoms with E-state index in [2.05, 4.69) is 281 Å². The number of nitrogens with zero attached hydrogens (tertiary/aromatic N) is 2. The Morgan fingerprint density at radius 2 is 0.951 bits per heavy atom. The summed E-state index contributed by atoms with van der Waals surface area (Å²) in [6.07, 6.45) is 14.1. The van der Waals surface area contributed by atoms with Crippen LogP contribution < -0.4 is 9.80 Å². The Balaban J connectivity index is 1.15. The van der Waals surface area contributed by atoms with Crippen LogP contribution in [0.1, 0.15) is 151 Å². The van der Waals surface area contributed by atoms with Gasteiger partial charge in [0.2, 0.25) is 0 Å². The molecular formula is C80H78N2. The molecule has 0 saturated heterocycles. The number of benzene rings is 10. The Bertz CT molecular complexity index is 3910. The minimum absolute atomic E-state index is 0.0154. The molecule has 10 aromatic rings. The number of hydrogen-bond acceptors (Lipinski definition) is 2. The highest BCUT2D eigenvalue weighted by molar-refractivity contribution is 6.00. The van der Waals surface area contributed by atoms with Crippen molar-refractivity contribution < 1.29 is 0 Å². The molecule has 3 aliphatic rings. The van der Waals surface area contributed by atoms with Crippen molar-refractivity contribution in [2.45, 2.75) is 128 Å². The van der Waals surface area contributed by atoms with Crippen LogP contribution in [0.25, 0.3) is 44.5 Å². The van der Waals surface area contributed by atoms with Gasteiger partial charge in [0.15, 0.2) is 0 Å². The Kier molecular flexibility index (Phi) is 14.4. The van der Waals surface area contributed by atoms with Gasteiger partial charge in [-0.25, -0.2) is 0 Å². The van der Waals surface area contributed by atoms with Gasteiger partial charge >= 0.3 is 0 Å². The summed E-state index contributed by atoms with van der Waals surface area (Å²) in [6.45, 7) is 12.1. The first kappa shape index (κ1) is 53.1. The molecule has 13 rings (SSSR count). The van der Waals surface area contributed by atoms with E-state index in [4.69, 9.17) is 0 Å². The third kappa shape index (κ3) is 8.75. The standard InChI is InChI=1S/C80H78N2/c1-6-10-12-29-51-78(5,8-3)59-43-47-66-67-48-44-60-54-72(67)80(71(66)53-59)73-55-62(81(61-35-21-16-22-36-61)75-40-26-23-37-64(75)57-31-17-14-18-32-57)45-49-68(73)69-50-46-63(56-74(69)80)82(76-41-27-24-38-65(76)58-33-19-15-20-34-58)77-42-28-25-39-70(77)79(60,9-4)52-30-13-11-7-2/h14-28,31-50,53-56H,6-13,29-30,51-52H2,1-5H3. The SMILES string of the molecule is CCCCCCC(C)(CC)c1ccc2c(c1)C13c4cc(N(c5ccccc5)c5ccccc5-c5ccccc5)ccc4-c4ccc(cc41)N(c1ccccc1-c1ccccc1)c1ccccc1C(CC)(CCCCCC)c1ccc-2c3c1. The van der Waals surface area contributed by atoms with Gasteiger partial charge < -0.3 is 9.80 Å². The maximum Gasteiger partial charge on any atom is 0.0727 e. The molecule has 2 heteroatoms. The van der Waals surface area contributed by atoms with Crippen molar-refractivity contribution in [3.05, 3.63) is 276 Å². The lowest BCUT2D eigenvalue weighted by atomic mass is 9.65. The van der Waals surface area contributed by atoms with Crippen molar-refractivity contribution in [1.29, 1.82) is 0 Å². The molecule has 10 aromatic carbocycles. The summed E-state index contributed by atoms with van der Waals surface area (Å²) in [5.74, 6) is 0. The number of para-hydroxylation sites is 4. The Hall–Kier alpha value is -8.20. The van der Waals surface area contributed by atoms with Crippen molar-refractivity contribution in [2.75, 3.05) is 9.80 Å². The van der Waals surface area contributed by atoms with E-state index in [1.54, 1.807) is 0 Å². The first-order chi connectivity index (χ1) is 40.4. The van der Waals surface area contributed by atoms with Gasteiger partial charge in [0.05, 0.1) is 22.5 Å². The molecule has 4 bridgehead atoms. The fraction of sp³-hybridized carbons (Fsp3) is 0.250. The van der Waals surface area contributed by atoms with Crippen molar-refractivity contribution >= 4 is 34.1 Å². The topological polar surface area (TPSA) is 6.48 Å². The lowest BCUT2D eigenvalue weighted by Crippen LogP contribution is -2.30. The molecule has 0 radical (unpaired) electrons. The minimum Gasteiger partial charge on any atom is -0.310 e. The zero-order valence-corrected chi connectivity index (χ0v) is 48.9. The van der Waals surface area contributed by atoms with Crippen molar-refractivity contribution in [3.8, 4) is 44.5 Å². The Morgan fingerprint density at radius 3 is 1.65 bits per heavy atom. The van der Waals surface area contributed by atoms with Crippen LogP contribution >= 0.6 is 0 Å². The predicted molar refractivity (Wildman–Crippen MR) is 349 cm³/mol. The Morgan fingerprint density at radius 1 is 0.402 bits per heavy atom. The normalized spacial score (nSPS) is 16.9. The van der Waals surface area contributed by atoms with Gasteiger partial charge in [0.25, 0.3) is 0 Å². The molecular weight excluding hydrogens is 989 g/mol. The maximum atomic E-state index is 2.74. The smallest absolute Gasteiger partial charge is 0.0727 e. The van der Waals surface area contributed by atoms with Crippen LogP contribution in [0.15, 0.2) is 237 Å². The summed E-state index contributed by atoms with van der Waals surface area (Å²) in [6, 6.07) is 91.3. The van der Waals surface area contributed by atoms with Gasteiger partial charge in [-0.2, -0.15) is 0 Å². The second-order valence-electron chi connectivity index (χ2n) is 24.0. The maximum absolute atomic E-state index is 2.74. The number of anilines is 6. The second kappa shape index (κ2) is 22.3. The van der Waals surface area contributed by atoms with E-state index < -0.39 is 5.41 Å². The quantitative estimate of drug-likeness (QED) is 0.0745. The van der Waals surface area contributed by atoms with E-state index in [9.17, 15) is 0 Å². The first-order valence-electron chi connectivity index (χ1n) is 31.0. The number of rotatable bonds is 19. The molecule has 1 spiro atoms. The fourth-order valence-corrected chi connectivity index (χ4v) is 15.0. The fourth-order valence-electron chi connectivity index (χ4n) is 15.0. The van der Waals surface area contributed by atoms with Crippen molar-refractivity contribution in [1.82, 2.24) is 0 Å². The Labute approximate surface area is 489 Å². The van der Waals surface area contributed by atoms with Gasteiger partial charge in [0, 0.05) is 33.6 Å². The van der Waals surface area contributed by atoms with E-state index in [-0.39, 0.29) is 10.8 Å². The molecule has 1 heterocycles. The van der Waals surface area contributed by atoms with Gasteiger partial charge in [0.1, 0.15) is 0 Å². The molecule has 1 aliphatic heterocycles. The second-order valence-corrected chi connectivity index (χ2v) is 24.0. The lowest BCUT2D eigenvalue weighted by molar-refractivity contribution is 0.395. The third-order valence-corrected chi connectivity index (χ3v) is 19.6. The molecule has 0 N–H and O–H groups in total. The highest BCUT2D eigenvalue weighted by Gasteiger charge is 2.54. The average molecular weight is 1070 g/mol. The largest absolute Gasteiger partial charge is 0.310 e. The summed E-state index contributed by atoms with van der Waals surface area (Å²) in [4.78, 5) is 5.17. The summed E-state index contributed by atoms with van der Waals surface area (Å²) in [5.41, 5.74) is 26.0. The molecule has 0 aromatic heterocycles. The zero-order chi connectivity index (χ0) is 55.8. The summed E-state index contributed by atoms with van der Waals surface area (Å²) in [5, 5.41) is 0. The van der Waals surface area contributed by atoms with E-state index in [0.29, 0.717) is 0 Å². The van der Waals surface area contributed by atoms with Gasteiger partial charge in [-0.3, -0.25) is 0 Å². The minimum atomic E-state index is -0.658. The molecule has 0 fully saturated rings. The first-order valence-corrected chi connectivity index (χ1v) is 31.0. The van der Waals surface area contributed by atoms with E-state index in [0.717, 1.165) is 42.7 Å². The molecule has 82 heavy (non-hydrogen) atoms. The summed E-state index contributed by atoms with van der Waals surface area (Å²) < 4.78 is 0. The third-order valence-electron chi connectivity index (χ3n) is 19.6. The van der Waals surface area contributed by atoms with Crippen molar-refractivity contribution in [2.24, 2.45) is 0 Å².